The molecule has 9 heteroatoms. The Labute approximate surface area is 166 Å². The molecule has 0 bridgehead atoms. The van der Waals surface area contributed by atoms with Crippen molar-refractivity contribution in [3.8, 4) is 0 Å². The number of anilines is 2. The van der Waals surface area contributed by atoms with E-state index in [1.54, 1.807) is 7.05 Å². The second-order valence-corrected chi connectivity index (χ2v) is 7.96. The lowest BCUT2D eigenvalue weighted by Gasteiger charge is -2.24. The van der Waals surface area contributed by atoms with E-state index in [2.05, 4.69) is 15.7 Å². The third-order valence-electron chi connectivity index (χ3n) is 5.76. The Kier molecular flexibility index (Phi) is 4.74. The molecule has 148 valence electrons. The second kappa shape index (κ2) is 7.09. The number of rotatable bonds is 3. The fourth-order valence-electron chi connectivity index (χ4n) is 4.33. The molecule has 1 saturated carbocycles. The highest BCUT2D eigenvalue weighted by Gasteiger charge is 2.41. The second-order valence-electron chi connectivity index (χ2n) is 7.55. The normalized spacial score (nSPS) is 24.0. The van der Waals surface area contributed by atoms with Crippen LogP contribution in [0.2, 0.25) is 5.02 Å². The molecule has 1 unspecified atom stereocenters. The maximum Gasteiger partial charge on any atom is 0.261 e. The van der Waals surface area contributed by atoms with E-state index in [-0.39, 0.29) is 22.7 Å². The molecule has 3 atom stereocenters. The van der Waals surface area contributed by atoms with Gasteiger partial charge in [-0.15, -0.1) is 0 Å². The highest BCUT2D eigenvalue weighted by atomic mass is 35.5. The first-order chi connectivity index (χ1) is 13.3. The van der Waals surface area contributed by atoms with Crippen LogP contribution in [-0.4, -0.2) is 28.1 Å². The average Bonchev–Trinajstić information content (AvgIpc) is 3.19. The maximum absolute atomic E-state index is 13.4. The molecule has 28 heavy (non-hydrogen) atoms. The van der Waals surface area contributed by atoms with Gasteiger partial charge in [-0.05, 0) is 42.9 Å². The summed E-state index contributed by atoms with van der Waals surface area (Å²) in [6, 6.07) is 3.98. The number of carbonyl (C=O) groups excluding carboxylic acids is 2. The number of nitrogens with one attached hydrogen (secondary N) is 2. The van der Waals surface area contributed by atoms with Gasteiger partial charge in [0.15, 0.2) is 0 Å². The summed E-state index contributed by atoms with van der Waals surface area (Å²) < 4.78 is 14.9. The summed E-state index contributed by atoms with van der Waals surface area (Å²) >= 11 is 5.79. The van der Waals surface area contributed by atoms with Crippen LogP contribution in [-0.2, 0) is 11.8 Å². The lowest BCUT2D eigenvalue weighted by atomic mass is 9.89. The van der Waals surface area contributed by atoms with E-state index in [0.29, 0.717) is 41.7 Å². The number of piperidine rings is 1. The first-order valence-corrected chi connectivity index (χ1v) is 9.56. The van der Waals surface area contributed by atoms with E-state index in [4.69, 9.17) is 17.3 Å². The van der Waals surface area contributed by atoms with Gasteiger partial charge in [-0.3, -0.25) is 14.3 Å². The summed E-state index contributed by atoms with van der Waals surface area (Å²) in [6.07, 6.45) is 2.17. The number of nitrogens with zero attached hydrogens (tertiary/aromatic N) is 2. The lowest BCUT2D eigenvalue weighted by molar-refractivity contribution is -0.124. The number of aryl methyl sites for hydroxylation is 1. The summed E-state index contributed by atoms with van der Waals surface area (Å²) in [6.45, 7) is 0.665. The molecule has 4 rings (SSSR count). The first-order valence-electron chi connectivity index (χ1n) is 9.19. The smallest absolute Gasteiger partial charge is 0.261 e. The molecule has 2 amide bonds. The molecule has 2 aromatic rings. The fourth-order valence-corrected chi connectivity index (χ4v) is 4.52. The van der Waals surface area contributed by atoms with Crippen LogP contribution in [0.25, 0.3) is 0 Å². The van der Waals surface area contributed by atoms with Crippen molar-refractivity contribution >= 4 is 34.9 Å². The van der Waals surface area contributed by atoms with Crippen LogP contribution < -0.4 is 16.4 Å². The Morgan fingerprint density at radius 2 is 2.14 bits per heavy atom. The molecule has 2 heterocycles. The first kappa shape index (κ1) is 18.7. The summed E-state index contributed by atoms with van der Waals surface area (Å²) in [7, 11) is 1.69. The minimum absolute atomic E-state index is 0.0590. The number of carbonyl (C=O) groups is 2. The van der Waals surface area contributed by atoms with Gasteiger partial charge in [-0.1, -0.05) is 11.6 Å². The predicted octanol–water partition coefficient (Wildman–Crippen LogP) is 2.68. The lowest BCUT2D eigenvalue weighted by Crippen LogP contribution is -2.38. The van der Waals surface area contributed by atoms with Crippen molar-refractivity contribution in [2.24, 2.45) is 18.9 Å². The number of hydrogen-bond donors (Lipinski definition) is 3. The molecule has 1 aromatic carbocycles. The summed E-state index contributed by atoms with van der Waals surface area (Å²) in [5.74, 6) is 0.124. The van der Waals surface area contributed by atoms with Gasteiger partial charge >= 0.3 is 0 Å². The number of nitrogens with two attached hydrogens (primary N) is 1. The van der Waals surface area contributed by atoms with Gasteiger partial charge < -0.3 is 16.4 Å². The van der Waals surface area contributed by atoms with Crippen LogP contribution in [0, 0.1) is 17.7 Å². The predicted molar refractivity (Wildman–Crippen MR) is 104 cm³/mol. The topological polar surface area (TPSA) is 102 Å². The molecule has 1 saturated heterocycles. The van der Waals surface area contributed by atoms with E-state index < -0.39 is 11.7 Å². The van der Waals surface area contributed by atoms with Crippen LogP contribution in [0.4, 0.5) is 15.9 Å². The van der Waals surface area contributed by atoms with Crippen molar-refractivity contribution in [1.82, 2.24) is 15.1 Å². The van der Waals surface area contributed by atoms with Gasteiger partial charge in [0.25, 0.3) is 5.91 Å². The van der Waals surface area contributed by atoms with Gasteiger partial charge in [-0.2, -0.15) is 5.10 Å². The number of fused-ring (bicyclic) bond motifs is 1. The van der Waals surface area contributed by atoms with Crippen molar-refractivity contribution in [1.29, 1.82) is 0 Å². The number of nitrogen functional groups attached to an aromatic ring is 1. The number of halogens is 2. The molecule has 7 nitrogen and oxygen atoms in total. The van der Waals surface area contributed by atoms with E-state index >= 15 is 0 Å². The van der Waals surface area contributed by atoms with Crippen LogP contribution in [0.1, 0.15) is 41.2 Å². The molecule has 2 aliphatic rings. The molecule has 0 radical (unpaired) electrons. The van der Waals surface area contributed by atoms with Crippen molar-refractivity contribution < 1.29 is 14.0 Å². The van der Waals surface area contributed by atoms with Gasteiger partial charge in [0, 0.05) is 31.6 Å². The number of amides is 2. The minimum Gasteiger partial charge on any atom is -0.383 e. The van der Waals surface area contributed by atoms with E-state index in [0.717, 1.165) is 12.8 Å². The van der Waals surface area contributed by atoms with Crippen molar-refractivity contribution in [2.75, 3.05) is 17.6 Å². The number of hydrogen-bond acceptors (Lipinski definition) is 4. The molecule has 0 spiro atoms. The maximum atomic E-state index is 13.4. The molecule has 2 fully saturated rings. The Bertz CT molecular complexity index is 960. The van der Waals surface area contributed by atoms with Gasteiger partial charge in [-0.25, -0.2) is 4.39 Å². The summed E-state index contributed by atoms with van der Waals surface area (Å²) in [4.78, 5) is 24.6. The summed E-state index contributed by atoms with van der Waals surface area (Å²) in [5, 5.41) is 10.1. The molecule has 1 aliphatic heterocycles. The zero-order chi connectivity index (χ0) is 20.0. The monoisotopic (exact) mass is 405 g/mol. The Morgan fingerprint density at radius 3 is 2.89 bits per heavy atom. The highest BCUT2D eigenvalue weighted by molar-refractivity contribution is 6.31. The van der Waals surface area contributed by atoms with Crippen LogP contribution >= 0.6 is 11.6 Å². The number of aromatic nitrogens is 2. The largest absolute Gasteiger partial charge is 0.383 e. The number of benzene rings is 1. The minimum atomic E-state index is -0.557. The van der Waals surface area contributed by atoms with Crippen molar-refractivity contribution in [3.05, 3.63) is 40.3 Å². The molecular formula is C19H21ClFN5O2. The third-order valence-corrected chi connectivity index (χ3v) is 6.05. The van der Waals surface area contributed by atoms with Gasteiger partial charge in [0.05, 0.1) is 10.7 Å². The molecule has 4 N–H and O–H groups in total. The molecule has 1 aliphatic carbocycles. The highest BCUT2D eigenvalue weighted by Crippen LogP contribution is 2.46. The van der Waals surface area contributed by atoms with Crippen LogP contribution in [0.3, 0.4) is 0 Å². The van der Waals surface area contributed by atoms with Crippen molar-refractivity contribution in [3.63, 3.8) is 0 Å². The fraction of sp³-hybridized carbons (Fsp3) is 0.421. The zero-order valence-electron chi connectivity index (χ0n) is 15.3. The van der Waals surface area contributed by atoms with Crippen molar-refractivity contribution in [2.45, 2.75) is 25.2 Å². The molecule has 1 aromatic heterocycles. The van der Waals surface area contributed by atoms with E-state index in [1.807, 2.05) is 0 Å². The van der Waals surface area contributed by atoms with Crippen LogP contribution in [0.15, 0.2) is 18.2 Å². The quantitative estimate of drug-likeness (QED) is 0.730. The van der Waals surface area contributed by atoms with E-state index in [9.17, 15) is 14.0 Å². The SMILES string of the molecule is Cn1nc([C@@H]2CC3CNC(=O)C[C@@H]3C2)c(C(=O)Nc2ccc(F)c(Cl)c2)c1N. The zero-order valence-corrected chi connectivity index (χ0v) is 16.1. The van der Waals surface area contributed by atoms with E-state index in [1.165, 1.54) is 22.9 Å². The summed E-state index contributed by atoms with van der Waals surface area (Å²) in [5.41, 5.74) is 7.48. The standard InChI is InChI=1S/C19H21ClFN5O2/c1-26-18(22)16(19(28)24-12-2-3-14(21)13(20)7-12)17(25-26)10-4-9-6-15(27)23-8-11(9)5-10/h2-3,7,9-11H,4-6,8,22H2,1H3,(H,23,27)(H,24,28)/t9-,10-,11?/m0/s1. The third kappa shape index (κ3) is 3.32. The molecular weight excluding hydrogens is 385 g/mol. The van der Waals surface area contributed by atoms with Gasteiger partial charge in [0.2, 0.25) is 5.91 Å². The Morgan fingerprint density at radius 1 is 1.39 bits per heavy atom. The Balaban J connectivity index is 1.60. The Hall–Kier alpha value is -2.61. The van der Waals surface area contributed by atoms with Gasteiger partial charge in [0.1, 0.15) is 17.2 Å². The average molecular weight is 406 g/mol. The van der Waals surface area contributed by atoms with Crippen LogP contribution in [0.5, 0.6) is 0 Å².